The van der Waals surface area contributed by atoms with Gasteiger partial charge in [0.05, 0.1) is 5.75 Å². The minimum atomic E-state index is -3.62. The Morgan fingerprint density at radius 3 is 2.45 bits per heavy atom. The number of benzene rings is 2. The van der Waals surface area contributed by atoms with Crippen molar-refractivity contribution in [2.75, 3.05) is 19.0 Å². The van der Waals surface area contributed by atoms with Gasteiger partial charge >= 0.3 is 0 Å². The Bertz CT molecular complexity index is 804. The molecule has 0 saturated heterocycles. The van der Waals surface area contributed by atoms with E-state index in [0.717, 1.165) is 5.69 Å². The molecule has 0 fully saturated rings. The summed E-state index contributed by atoms with van der Waals surface area (Å²) in [7, 11) is 0.0453. The van der Waals surface area contributed by atoms with Crippen molar-refractivity contribution in [3.63, 3.8) is 0 Å². The van der Waals surface area contributed by atoms with E-state index in [1.807, 2.05) is 19.0 Å². The van der Waals surface area contributed by atoms with E-state index in [-0.39, 0.29) is 16.3 Å². The topological polar surface area (TPSA) is 75.3 Å². The minimum absolute atomic E-state index is 0.0983. The summed E-state index contributed by atoms with van der Waals surface area (Å²) >= 11 is 6.05. The van der Waals surface area contributed by atoms with Crippen molar-refractivity contribution in [3.05, 3.63) is 53.1 Å². The fraction of sp³-hybridized carbons (Fsp3) is 0.200. The lowest BCUT2D eigenvalue weighted by molar-refractivity contribution is -0.210. The minimum Gasteiger partial charge on any atom is -0.378 e. The molecule has 116 valence electrons. The second-order valence-electron chi connectivity index (χ2n) is 5.03. The van der Waals surface area contributed by atoms with Crippen LogP contribution in [0.3, 0.4) is 0 Å². The van der Waals surface area contributed by atoms with E-state index in [1.54, 1.807) is 42.5 Å². The van der Waals surface area contributed by atoms with Crippen LogP contribution in [0.5, 0.6) is 0 Å². The van der Waals surface area contributed by atoms with E-state index in [2.05, 4.69) is 5.11 Å². The molecule has 0 heterocycles. The van der Waals surface area contributed by atoms with Gasteiger partial charge in [0.2, 0.25) is 0 Å². The third-order valence-corrected chi connectivity index (χ3v) is 5.29. The summed E-state index contributed by atoms with van der Waals surface area (Å²) in [6.07, 6.45) is 0. The summed E-state index contributed by atoms with van der Waals surface area (Å²) in [4.78, 5) is 1.91. The molecule has 0 atom stereocenters. The zero-order valence-corrected chi connectivity index (χ0v) is 13.9. The van der Waals surface area contributed by atoms with Gasteiger partial charge in [-0.05, 0) is 34.9 Å². The predicted octanol–water partition coefficient (Wildman–Crippen LogP) is 2.22. The number of nitrogens with two attached hydrogens (primary N) is 1. The first-order valence-electron chi connectivity index (χ1n) is 6.53. The highest BCUT2D eigenvalue weighted by molar-refractivity contribution is 7.90. The lowest BCUT2D eigenvalue weighted by Gasteiger charge is -2.14. The molecule has 22 heavy (non-hydrogen) atoms. The average Bonchev–Trinajstić information content (AvgIpc) is 2.48. The highest BCUT2D eigenvalue weighted by Crippen LogP contribution is 2.31. The first-order chi connectivity index (χ1) is 10.3. The van der Waals surface area contributed by atoms with Crippen LogP contribution in [-0.2, 0) is 15.6 Å². The van der Waals surface area contributed by atoms with Crippen LogP contribution in [0.15, 0.2) is 52.5 Å². The van der Waals surface area contributed by atoms with Gasteiger partial charge in [-0.25, -0.2) is 8.42 Å². The molecule has 0 aromatic heterocycles. The summed E-state index contributed by atoms with van der Waals surface area (Å²) in [6.45, 7) is 0. The smallest absolute Gasteiger partial charge is 0.185 e. The Morgan fingerprint density at radius 1 is 1.18 bits per heavy atom. The first kappa shape index (κ1) is 16.5. The molecule has 2 rings (SSSR count). The summed E-state index contributed by atoms with van der Waals surface area (Å²) in [5.74, 6) is -0.202. The number of halogens is 1. The molecule has 0 amide bonds. The Kier molecular flexibility index (Phi) is 4.83. The standard InChI is InChI=1S/C15H16ClN3O2S/c1-19(2)12-7-8-14(18-17)15(9-12)22(20,21)10-11-5-3-4-6-13(11)16/h3-9,17H,10H2,1-2H3/p+1. The molecule has 0 spiro atoms. The van der Waals surface area contributed by atoms with E-state index >= 15 is 0 Å². The summed E-state index contributed by atoms with van der Waals surface area (Å²) in [5.41, 5.74) is 6.85. The van der Waals surface area contributed by atoms with Crippen LogP contribution in [0.1, 0.15) is 5.56 Å². The van der Waals surface area contributed by atoms with Gasteiger partial charge in [0.15, 0.2) is 9.84 Å². The maximum Gasteiger partial charge on any atom is 0.185 e. The third kappa shape index (κ3) is 3.45. The predicted molar refractivity (Wildman–Crippen MR) is 87.1 cm³/mol. The maximum atomic E-state index is 12.7. The number of rotatable bonds is 5. The van der Waals surface area contributed by atoms with E-state index in [1.165, 1.54) is 0 Å². The van der Waals surface area contributed by atoms with Crippen LogP contribution in [0.2, 0.25) is 5.02 Å². The average molecular weight is 339 g/mol. The van der Waals surface area contributed by atoms with Gasteiger partial charge < -0.3 is 4.90 Å². The van der Waals surface area contributed by atoms with Crippen molar-refractivity contribution >= 4 is 32.8 Å². The fourth-order valence-corrected chi connectivity index (χ4v) is 3.87. The van der Waals surface area contributed by atoms with Crippen LogP contribution < -0.4 is 10.4 Å². The van der Waals surface area contributed by atoms with E-state index in [4.69, 9.17) is 17.1 Å². The fourth-order valence-electron chi connectivity index (χ4n) is 2.03. The number of nitrogens with zero attached hydrogens (tertiary/aromatic N) is 2. The molecule has 0 aliphatic heterocycles. The quantitative estimate of drug-likeness (QED) is 0.849. The number of hydrogen-bond donors (Lipinski definition) is 1. The van der Waals surface area contributed by atoms with Crippen molar-refractivity contribution in [3.8, 4) is 0 Å². The third-order valence-electron chi connectivity index (χ3n) is 3.24. The molecule has 0 radical (unpaired) electrons. The van der Waals surface area contributed by atoms with Crippen LogP contribution in [-0.4, -0.2) is 22.5 Å². The second-order valence-corrected chi connectivity index (χ2v) is 7.39. The molecule has 0 unspecified atom stereocenters. The monoisotopic (exact) mass is 338 g/mol. The highest BCUT2D eigenvalue weighted by atomic mass is 35.5. The molecule has 5 nitrogen and oxygen atoms in total. The molecule has 2 N–H and O–H groups in total. The molecule has 2 aromatic rings. The molecule has 0 saturated carbocycles. The van der Waals surface area contributed by atoms with Gasteiger partial charge in [-0.1, -0.05) is 29.8 Å². The summed E-state index contributed by atoms with van der Waals surface area (Å²) < 4.78 is 25.4. The molecule has 0 aliphatic rings. The van der Waals surface area contributed by atoms with Gasteiger partial charge in [-0.15, -0.1) is 0 Å². The zero-order chi connectivity index (χ0) is 16.3. The molecule has 0 bridgehead atoms. The normalized spacial score (nSPS) is 11.2. The van der Waals surface area contributed by atoms with Gasteiger partial charge in [0.1, 0.15) is 10.6 Å². The van der Waals surface area contributed by atoms with Gasteiger partial charge in [-0.3, -0.25) is 0 Å². The van der Waals surface area contributed by atoms with Crippen molar-refractivity contribution in [2.24, 2.45) is 5.11 Å². The molecular formula is C15H17ClN3O2S+. The molecule has 7 heteroatoms. The van der Waals surface area contributed by atoms with E-state index in [0.29, 0.717) is 10.6 Å². The molecular weight excluding hydrogens is 322 g/mol. The SMILES string of the molecule is CN(C)c1ccc(N=[NH2+])c(S(=O)(=O)Cc2ccccc2Cl)c1. The Balaban J connectivity index is 2.51. The van der Waals surface area contributed by atoms with Gasteiger partial charge in [0, 0.05) is 24.8 Å². The van der Waals surface area contributed by atoms with Crippen LogP contribution in [0.25, 0.3) is 0 Å². The molecule has 0 aliphatic carbocycles. The lowest BCUT2D eigenvalue weighted by Crippen LogP contribution is -2.22. The highest BCUT2D eigenvalue weighted by Gasteiger charge is 2.22. The lowest BCUT2D eigenvalue weighted by atomic mass is 10.2. The van der Waals surface area contributed by atoms with Crippen molar-refractivity contribution in [2.45, 2.75) is 10.6 Å². The van der Waals surface area contributed by atoms with Crippen LogP contribution in [0.4, 0.5) is 11.4 Å². The van der Waals surface area contributed by atoms with Crippen LogP contribution >= 0.6 is 11.6 Å². The zero-order valence-electron chi connectivity index (χ0n) is 12.3. The second kappa shape index (κ2) is 6.46. The number of sulfone groups is 1. The van der Waals surface area contributed by atoms with Crippen molar-refractivity contribution in [1.29, 1.82) is 0 Å². The van der Waals surface area contributed by atoms with Crippen molar-refractivity contribution in [1.82, 2.24) is 0 Å². The molecule has 2 aromatic carbocycles. The summed E-state index contributed by atoms with van der Waals surface area (Å²) in [5, 5.41) is 3.99. The Labute approximate surface area is 135 Å². The van der Waals surface area contributed by atoms with Crippen LogP contribution in [0, 0.1) is 0 Å². The van der Waals surface area contributed by atoms with Gasteiger partial charge in [0.25, 0.3) is 0 Å². The first-order valence-corrected chi connectivity index (χ1v) is 8.56. The Morgan fingerprint density at radius 2 is 1.86 bits per heavy atom. The maximum absolute atomic E-state index is 12.7. The van der Waals surface area contributed by atoms with E-state index in [9.17, 15) is 8.42 Å². The number of anilines is 1. The number of hydrogen-bond acceptors (Lipinski definition) is 4. The summed E-state index contributed by atoms with van der Waals surface area (Å²) in [6, 6.07) is 11.8. The van der Waals surface area contributed by atoms with Gasteiger partial charge in [-0.2, -0.15) is 5.53 Å². The van der Waals surface area contributed by atoms with E-state index < -0.39 is 9.84 Å². The largest absolute Gasteiger partial charge is 0.378 e. The Hall–Kier alpha value is -1.92. The van der Waals surface area contributed by atoms with Crippen molar-refractivity contribution < 1.29 is 13.9 Å².